The first-order valence-electron chi connectivity index (χ1n) is 8.42. The van der Waals surface area contributed by atoms with Crippen molar-refractivity contribution < 1.29 is 0 Å². The minimum absolute atomic E-state index is 0.327. The number of aromatic nitrogens is 3. The molecule has 4 nitrogen and oxygen atoms in total. The van der Waals surface area contributed by atoms with Gasteiger partial charge in [-0.15, -0.1) is 10.2 Å². The van der Waals surface area contributed by atoms with Crippen molar-refractivity contribution in [1.82, 2.24) is 20.1 Å². The van der Waals surface area contributed by atoms with Gasteiger partial charge in [0.2, 0.25) is 0 Å². The van der Waals surface area contributed by atoms with Crippen molar-refractivity contribution in [1.29, 1.82) is 0 Å². The number of aryl methyl sites for hydroxylation is 1. The molecule has 0 aromatic carbocycles. The lowest BCUT2D eigenvalue weighted by Gasteiger charge is -2.29. The third-order valence-electron chi connectivity index (χ3n) is 5.03. The smallest absolute Gasteiger partial charge is 0.149 e. The van der Waals surface area contributed by atoms with Gasteiger partial charge in [0.05, 0.1) is 6.04 Å². The second-order valence-corrected chi connectivity index (χ2v) is 6.78. The summed E-state index contributed by atoms with van der Waals surface area (Å²) in [5.41, 5.74) is 0. The van der Waals surface area contributed by atoms with Gasteiger partial charge in [0, 0.05) is 19.0 Å². The number of hydrogen-bond donors (Lipinski definition) is 1. The van der Waals surface area contributed by atoms with Crippen molar-refractivity contribution in [2.45, 2.75) is 83.8 Å². The molecule has 1 unspecified atom stereocenters. The molecule has 3 rings (SSSR count). The summed E-state index contributed by atoms with van der Waals surface area (Å²) in [6.45, 7) is 5.73. The van der Waals surface area contributed by atoms with E-state index in [1.807, 2.05) is 0 Å². The van der Waals surface area contributed by atoms with Crippen LogP contribution in [0.25, 0.3) is 0 Å². The maximum absolute atomic E-state index is 4.47. The Bertz CT molecular complexity index is 432. The normalized spacial score (nSPS) is 28.7. The van der Waals surface area contributed by atoms with Crippen molar-refractivity contribution in [3.63, 3.8) is 0 Å². The fraction of sp³-hybridized carbons (Fsp3) is 0.875. The molecule has 0 spiro atoms. The van der Waals surface area contributed by atoms with Crippen LogP contribution in [-0.4, -0.2) is 20.8 Å². The van der Waals surface area contributed by atoms with Crippen LogP contribution in [0.1, 0.15) is 76.5 Å². The minimum Gasteiger partial charge on any atom is -0.314 e. The van der Waals surface area contributed by atoms with Crippen molar-refractivity contribution in [3.8, 4) is 0 Å². The van der Waals surface area contributed by atoms with E-state index in [4.69, 9.17) is 0 Å². The zero-order valence-electron chi connectivity index (χ0n) is 12.9. The Morgan fingerprint density at radius 2 is 1.90 bits per heavy atom. The molecule has 4 heteroatoms. The first kappa shape index (κ1) is 14.1. The Hall–Kier alpha value is -0.900. The Labute approximate surface area is 122 Å². The topological polar surface area (TPSA) is 42.7 Å². The molecule has 1 aromatic heterocycles. The van der Waals surface area contributed by atoms with Gasteiger partial charge in [-0.3, -0.25) is 0 Å². The molecule has 112 valence electrons. The Kier molecular flexibility index (Phi) is 4.39. The van der Waals surface area contributed by atoms with Gasteiger partial charge in [0.25, 0.3) is 0 Å². The summed E-state index contributed by atoms with van der Waals surface area (Å²) >= 11 is 0. The van der Waals surface area contributed by atoms with Crippen LogP contribution in [0.4, 0.5) is 0 Å². The lowest BCUT2D eigenvalue weighted by Crippen LogP contribution is -2.35. The third-order valence-corrected chi connectivity index (χ3v) is 5.03. The van der Waals surface area contributed by atoms with Gasteiger partial charge < -0.3 is 9.88 Å². The van der Waals surface area contributed by atoms with E-state index in [-0.39, 0.29) is 0 Å². The highest BCUT2D eigenvalue weighted by Crippen LogP contribution is 2.26. The molecule has 0 radical (unpaired) electrons. The number of hydrogen-bond acceptors (Lipinski definition) is 3. The van der Waals surface area contributed by atoms with E-state index in [1.165, 1.54) is 50.8 Å². The average molecular weight is 276 g/mol. The summed E-state index contributed by atoms with van der Waals surface area (Å²) < 4.78 is 2.37. The molecule has 1 aliphatic heterocycles. The van der Waals surface area contributed by atoms with E-state index in [0.29, 0.717) is 12.1 Å². The van der Waals surface area contributed by atoms with Gasteiger partial charge >= 0.3 is 0 Å². The third kappa shape index (κ3) is 3.05. The van der Waals surface area contributed by atoms with Crippen molar-refractivity contribution >= 4 is 0 Å². The second-order valence-electron chi connectivity index (χ2n) is 6.78. The largest absolute Gasteiger partial charge is 0.314 e. The molecule has 1 atom stereocenters. The SMILES string of the molecule is CC1CCC(NC(C)c2nnc3n2CCCCC3)CC1. The fourth-order valence-corrected chi connectivity index (χ4v) is 3.68. The molecule has 1 aromatic rings. The number of nitrogens with zero attached hydrogens (tertiary/aromatic N) is 3. The first-order chi connectivity index (χ1) is 9.74. The average Bonchev–Trinajstić information content (AvgIpc) is 2.71. The molecule has 1 saturated carbocycles. The van der Waals surface area contributed by atoms with Gasteiger partial charge in [0.1, 0.15) is 11.6 Å². The van der Waals surface area contributed by atoms with Crippen LogP contribution in [0.5, 0.6) is 0 Å². The van der Waals surface area contributed by atoms with Crippen molar-refractivity contribution in [2.24, 2.45) is 5.92 Å². The predicted octanol–water partition coefficient (Wildman–Crippen LogP) is 3.23. The molecule has 2 heterocycles. The number of rotatable bonds is 3. The van der Waals surface area contributed by atoms with Gasteiger partial charge in [-0.1, -0.05) is 13.3 Å². The van der Waals surface area contributed by atoms with Crippen LogP contribution < -0.4 is 5.32 Å². The molecule has 0 amide bonds. The standard InChI is InChI=1S/C16H28N4/c1-12-7-9-14(10-8-12)17-13(2)16-19-18-15-6-4-3-5-11-20(15)16/h12-14,17H,3-11H2,1-2H3. The van der Waals surface area contributed by atoms with Crippen LogP contribution in [0, 0.1) is 5.92 Å². The molecule has 1 N–H and O–H groups in total. The van der Waals surface area contributed by atoms with Gasteiger partial charge in [-0.2, -0.15) is 0 Å². The molecular weight excluding hydrogens is 248 g/mol. The molecule has 2 aliphatic rings. The van der Waals surface area contributed by atoms with Crippen LogP contribution in [0.2, 0.25) is 0 Å². The Morgan fingerprint density at radius 1 is 1.10 bits per heavy atom. The fourth-order valence-electron chi connectivity index (χ4n) is 3.68. The maximum atomic E-state index is 4.47. The van der Waals surface area contributed by atoms with E-state index < -0.39 is 0 Å². The quantitative estimate of drug-likeness (QED) is 0.921. The number of fused-ring (bicyclic) bond motifs is 1. The van der Waals surface area contributed by atoms with Gasteiger partial charge in [0.15, 0.2) is 0 Å². The van der Waals surface area contributed by atoms with Crippen LogP contribution in [0.15, 0.2) is 0 Å². The Balaban J connectivity index is 1.65. The van der Waals surface area contributed by atoms with Crippen molar-refractivity contribution in [3.05, 3.63) is 11.6 Å². The Morgan fingerprint density at radius 3 is 2.70 bits per heavy atom. The molecular formula is C16H28N4. The number of nitrogens with one attached hydrogen (secondary N) is 1. The zero-order chi connectivity index (χ0) is 13.9. The first-order valence-corrected chi connectivity index (χ1v) is 8.42. The molecule has 1 aliphatic carbocycles. The molecule has 0 saturated heterocycles. The zero-order valence-corrected chi connectivity index (χ0v) is 12.9. The monoisotopic (exact) mass is 276 g/mol. The summed E-state index contributed by atoms with van der Waals surface area (Å²) in [5, 5.41) is 12.7. The van der Waals surface area contributed by atoms with Crippen LogP contribution in [-0.2, 0) is 13.0 Å². The lowest BCUT2D eigenvalue weighted by molar-refractivity contribution is 0.286. The highest BCUT2D eigenvalue weighted by atomic mass is 15.3. The molecule has 1 fully saturated rings. The van der Waals surface area contributed by atoms with Gasteiger partial charge in [-0.05, 0) is 51.4 Å². The molecule has 0 bridgehead atoms. The van der Waals surface area contributed by atoms with E-state index in [1.54, 1.807) is 0 Å². The summed E-state index contributed by atoms with van der Waals surface area (Å²) in [6, 6.07) is 0.993. The summed E-state index contributed by atoms with van der Waals surface area (Å²) in [7, 11) is 0. The highest BCUT2D eigenvalue weighted by molar-refractivity contribution is 5.02. The van der Waals surface area contributed by atoms with Gasteiger partial charge in [-0.25, -0.2) is 0 Å². The van der Waals surface area contributed by atoms with Crippen LogP contribution in [0.3, 0.4) is 0 Å². The van der Waals surface area contributed by atoms with E-state index in [9.17, 15) is 0 Å². The van der Waals surface area contributed by atoms with E-state index >= 15 is 0 Å². The minimum atomic E-state index is 0.327. The predicted molar refractivity (Wildman–Crippen MR) is 80.5 cm³/mol. The van der Waals surface area contributed by atoms with E-state index in [2.05, 4.69) is 33.9 Å². The summed E-state index contributed by atoms with van der Waals surface area (Å²) in [6.07, 6.45) is 10.3. The second kappa shape index (κ2) is 6.25. The summed E-state index contributed by atoms with van der Waals surface area (Å²) in [4.78, 5) is 0. The lowest BCUT2D eigenvalue weighted by atomic mass is 9.87. The summed E-state index contributed by atoms with van der Waals surface area (Å²) in [5.74, 6) is 3.26. The highest BCUT2D eigenvalue weighted by Gasteiger charge is 2.23. The van der Waals surface area contributed by atoms with Crippen LogP contribution >= 0.6 is 0 Å². The van der Waals surface area contributed by atoms with E-state index in [0.717, 1.165) is 24.7 Å². The molecule has 20 heavy (non-hydrogen) atoms. The maximum Gasteiger partial charge on any atom is 0.149 e. The van der Waals surface area contributed by atoms with Crippen molar-refractivity contribution in [2.75, 3.05) is 0 Å².